The summed E-state index contributed by atoms with van der Waals surface area (Å²) >= 11 is 0. The minimum absolute atomic E-state index is 0.0788. The van der Waals surface area contributed by atoms with Gasteiger partial charge in [0.1, 0.15) is 0 Å². The lowest BCUT2D eigenvalue weighted by Crippen LogP contribution is -2.51. The maximum atomic E-state index is 11.9. The van der Waals surface area contributed by atoms with Crippen molar-refractivity contribution in [2.45, 2.75) is 393 Å². The summed E-state index contributed by atoms with van der Waals surface area (Å²) < 4.78 is 34.6. The van der Waals surface area contributed by atoms with E-state index >= 15 is 0 Å². The number of nitrogens with zero attached hydrogens (tertiary/aromatic N) is 1. The van der Waals surface area contributed by atoms with Crippen molar-refractivity contribution in [2.24, 2.45) is 0 Å². The van der Waals surface area contributed by atoms with Crippen LogP contribution in [-0.2, 0) is 10.1 Å². The first kappa shape index (κ1) is 70.9. The van der Waals surface area contributed by atoms with Crippen molar-refractivity contribution in [1.82, 2.24) is 0 Å². The van der Waals surface area contributed by atoms with Gasteiger partial charge in [0.25, 0.3) is 10.1 Å². The summed E-state index contributed by atoms with van der Waals surface area (Å²) in [6, 6.07) is 0. The summed E-state index contributed by atoms with van der Waals surface area (Å²) in [6.45, 7) is 11.4. The largest absolute Gasteiger partial charge is 0.324 e. The van der Waals surface area contributed by atoms with Crippen molar-refractivity contribution >= 4 is 10.1 Å². The predicted molar refractivity (Wildman–Crippen MR) is 321 cm³/mol. The van der Waals surface area contributed by atoms with E-state index in [0.717, 1.165) is 11.0 Å². The minimum Gasteiger partial charge on any atom is -0.324 e. The number of rotatable bonds is 64. The first-order valence-electron chi connectivity index (χ1n) is 33.7. The van der Waals surface area contributed by atoms with Gasteiger partial charge in [0.05, 0.1) is 31.9 Å². The zero-order valence-corrected chi connectivity index (χ0v) is 50.5. The summed E-state index contributed by atoms with van der Waals surface area (Å²) in [6.07, 6.45) is 80.9. The Labute approximate surface area is 450 Å². The summed E-state index contributed by atoms with van der Waals surface area (Å²) in [4.78, 5) is 0. The van der Waals surface area contributed by atoms with Crippen molar-refractivity contribution < 1.29 is 17.5 Å². The van der Waals surface area contributed by atoms with E-state index in [1.807, 2.05) is 0 Å². The molecule has 0 aromatic rings. The van der Waals surface area contributed by atoms with Gasteiger partial charge in [-0.15, -0.1) is 0 Å². The molecule has 428 valence electrons. The molecule has 0 aliphatic heterocycles. The van der Waals surface area contributed by atoms with Crippen LogP contribution in [0.1, 0.15) is 393 Å². The topological polar surface area (TPSA) is 54.4 Å². The third-order valence-electron chi connectivity index (χ3n) is 16.7. The SMILES string of the molecule is CCCCCCCCCCCCCCCCCCCCC[N+](CCCCCCCCCCCCCCCCCCCCC)(CCCCCCCCCCCCCCCCCCCCC)CCCS(=O)(=O)O. The highest BCUT2D eigenvalue weighted by Gasteiger charge is 2.27. The standard InChI is InChI=1S/C66H135NO3S/c1-4-7-10-13-16-19-22-25-28-31-34-37-40-43-46-49-52-55-58-62-67(65-61-66-71(68,69)70,63-59-56-53-50-47-44-41-38-35-32-29-26-23-20-17-14-11-8-5-2)64-60-57-54-51-48-45-42-39-36-33-30-27-24-21-18-15-12-9-6-3/h4-66H2,1-3H3/p+1. The second kappa shape index (κ2) is 59.1. The molecule has 0 fully saturated rings. The number of quaternary nitrogens is 1. The van der Waals surface area contributed by atoms with E-state index in [1.54, 1.807) is 0 Å². The third kappa shape index (κ3) is 59.0. The van der Waals surface area contributed by atoms with E-state index in [1.165, 1.54) is 386 Å². The Morgan fingerprint density at radius 3 is 0.479 bits per heavy atom. The van der Waals surface area contributed by atoms with Crippen LogP contribution in [0.5, 0.6) is 0 Å². The monoisotopic (exact) mass is 1020 g/mol. The van der Waals surface area contributed by atoms with Crippen molar-refractivity contribution in [3.8, 4) is 0 Å². The van der Waals surface area contributed by atoms with Crippen LogP contribution in [0.2, 0.25) is 0 Å². The summed E-state index contributed by atoms with van der Waals surface area (Å²) in [5.74, 6) is -0.0788. The molecule has 0 atom stereocenters. The first-order chi connectivity index (χ1) is 34.9. The van der Waals surface area contributed by atoms with Gasteiger partial charge in [0, 0.05) is 6.42 Å². The molecule has 5 heteroatoms. The molecule has 0 aromatic carbocycles. The fourth-order valence-corrected chi connectivity index (χ4v) is 12.3. The van der Waals surface area contributed by atoms with Crippen LogP contribution >= 0.6 is 0 Å². The van der Waals surface area contributed by atoms with Crippen LogP contribution in [0.4, 0.5) is 0 Å². The number of unbranched alkanes of at least 4 members (excludes halogenated alkanes) is 54. The third-order valence-corrected chi connectivity index (χ3v) is 17.5. The Morgan fingerprint density at radius 2 is 0.338 bits per heavy atom. The summed E-state index contributed by atoms with van der Waals surface area (Å²) in [5, 5.41) is 0. The molecule has 0 spiro atoms. The molecule has 0 aromatic heterocycles. The second-order valence-corrected chi connectivity index (χ2v) is 25.5. The average Bonchev–Trinajstić information content (AvgIpc) is 3.35. The van der Waals surface area contributed by atoms with Gasteiger partial charge >= 0.3 is 0 Å². The molecule has 0 saturated heterocycles. The van der Waals surface area contributed by atoms with E-state index in [9.17, 15) is 13.0 Å². The van der Waals surface area contributed by atoms with Crippen molar-refractivity contribution in [1.29, 1.82) is 0 Å². The van der Waals surface area contributed by atoms with Gasteiger partial charge in [0.2, 0.25) is 0 Å². The van der Waals surface area contributed by atoms with Crippen LogP contribution in [0.25, 0.3) is 0 Å². The Bertz CT molecular complexity index is 976. The fourth-order valence-electron chi connectivity index (χ4n) is 11.8. The Balaban J connectivity index is 4.63. The van der Waals surface area contributed by atoms with Crippen LogP contribution < -0.4 is 0 Å². The molecule has 0 amide bonds. The quantitative estimate of drug-likeness (QED) is 0.0375. The molecule has 0 radical (unpaired) electrons. The molecule has 1 N–H and O–H groups in total. The van der Waals surface area contributed by atoms with E-state index in [2.05, 4.69) is 20.8 Å². The average molecular weight is 1020 g/mol. The maximum Gasteiger partial charge on any atom is 0.265 e. The first-order valence-corrected chi connectivity index (χ1v) is 35.3. The van der Waals surface area contributed by atoms with Crippen LogP contribution in [0.3, 0.4) is 0 Å². The van der Waals surface area contributed by atoms with E-state index in [-0.39, 0.29) is 5.75 Å². The predicted octanol–water partition coefficient (Wildman–Crippen LogP) is 23.4. The Morgan fingerprint density at radius 1 is 0.211 bits per heavy atom. The number of hydrogen-bond donors (Lipinski definition) is 1. The molecule has 0 aliphatic carbocycles. The summed E-state index contributed by atoms with van der Waals surface area (Å²) in [5.41, 5.74) is 0. The van der Waals surface area contributed by atoms with E-state index < -0.39 is 10.1 Å². The Kier molecular flexibility index (Phi) is 59.0. The molecule has 0 unspecified atom stereocenters. The highest BCUT2D eigenvalue weighted by Crippen LogP contribution is 2.22. The fraction of sp³-hybridized carbons (Fsp3) is 1.00. The van der Waals surface area contributed by atoms with Gasteiger partial charge < -0.3 is 4.48 Å². The zero-order valence-electron chi connectivity index (χ0n) is 49.7. The van der Waals surface area contributed by atoms with Gasteiger partial charge in [0.15, 0.2) is 0 Å². The van der Waals surface area contributed by atoms with Crippen LogP contribution in [-0.4, -0.2) is 49.4 Å². The second-order valence-electron chi connectivity index (χ2n) is 24.0. The van der Waals surface area contributed by atoms with Gasteiger partial charge in [-0.3, -0.25) is 4.55 Å². The highest BCUT2D eigenvalue weighted by molar-refractivity contribution is 7.85. The number of hydrogen-bond acceptors (Lipinski definition) is 2. The van der Waals surface area contributed by atoms with Crippen LogP contribution in [0, 0.1) is 0 Å². The van der Waals surface area contributed by atoms with Gasteiger partial charge in [-0.2, -0.15) is 8.42 Å². The molecular formula is C66H136NO3S+. The lowest BCUT2D eigenvalue weighted by Gasteiger charge is -2.39. The molecule has 0 saturated carbocycles. The van der Waals surface area contributed by atoms with Crippen molar-refractivity contribution in [3.63, 3.8) is 0 Å². The lowest BCUT2D eigenvalue weighted by atomic mass is 10.0. The van der Waals surface area contributed by atoms with E-state index in [0.29, 0.717) is 6.42 Å². The zero-order chi connectivity index (χ0) is 51.5. The maximum absolute atomic E-state index is 11.9. The normalized spacial score (nSPS) is 12.2. The highest BCUT2D eigenvalue weighted by atomic mass is 32.2. The lowest BCUT2D eigenvalue weighted by molar-refractivity contribution is -0.928. The van der Waals surface area contributed by atoms with Gasteiger partial charge in [-0.25, -0.2) is 0 Å². The molecule has 71 heavy (non-hydrogen) atoms. The molecule has 0 heterocycles. The van der Waals surface area contributed by atoms with Gasteiger partial charge in [-0.05, 0) is 38.5 Å². The summed E-state index contributed by atoms with van der Waals surface area (Å²) in [7, 11) is -3.92. The van der Waals surface area contributed by atoms with Crippen LogP contribution in [0.15, 0.2) is 0 Å². The molecule has 0 bridgehead atoms. The van der Waals surface area contributed by atoms with E-state index in [4.69, 9.17) is 0 Å². The smallest absolute Gasteiger partial charge is 0.265 e. The minimum atomic E-state index is -3.92. The van der Waals surface area contributed by atoms with Crippen molar-refractivity contribution in [2.75, 3.05) is 31.9 Å². The Hall–Kier alpha value is -0.130. The van der Waals surface area contributed by atoms with Gasteiger partial charge in [-0.1, -0.05) is 348 Å². The molecular weight excluding hydrogens is 887 g/mol. The molecule has 0 rings (SSSR count). The molecule has 0 aliphatic rings. The molecule has 4 nitrogen and oxygen atoms in total. The van der Waals surface area contributed by atoms with Crippen molar-refractivity contribution in [3.05, 3.63) is 0 Å².